The fourth-order valence-corrected chi connectivity index (χ4v) is 8.32. The summed E-state index contributed by atoms with van der Waals surface area (Å²) in [7, 11) is -3.51. The van der Waals surface area contributed by atoms with E-state index in [0.717, 1.165) is 25.6 Å². The fourth-order valence-electron chi connectivity index (χ4n) is 6.01. The van der Waals surface area contributed by atoms with Crippen LogP contribution in [0, 0.1) is 5.82 Å². The van der Waals surface area contributed by atoms with E-state index in [0.29, 0.717) is 30.7 Å². The number of rotatable bonds is 9. The summed E-state index contributed by atoms with van der Waals surface area (Å²) < 4.78 is 58.3. The Kier molecular flexibility index (Phi) is 8.34. The van der Waals surface area contributed by atoms with Gasteiger partial charge in [-0.3, -0.25) is 14.3 Å². The van der Waals surface area contributed by atoms with Crippen LogP contribution in [0.15, 0.2) is 55.0 Å². The molecule has 2 atom stereocenters. The third-order valence-corrected chi connectivity index (χ3v) is 14.7. The smallest absolute Gasteiger partial charge is 0.492 e. The maximum atomic E-state index is 15.8. The van der Waals surface area contributed by atoms with Crippen LogP contribution >= 0.6 is 14.1 Å². The van der Waals surface area contributed by atoms with E-state index in [1.54, 1.807) is 9.47 Å². The Hall–Kier alpha value is -4.00. The van der Waals surface area contributed by atoms with Gasteiger partial charge >= 0.3 is 19.1 Å². The van der Waals surface area contributed by atoms with Crippen LogP contribution in [-0.2, 0) is 15.7 Å². The maximum absolute atomic E-state index is 15.8. The highest BCUT2D eigenvalue weighted by atomic mass is 32.1. The second-order valence-electron chi connectivity index (χ2n) is 11.9. The molecule has 3 heterocycles. The number of hydrogen-bond acceptors (Lipinski definition) is 10. The van der Waals surface area contributed by atoms with Crippen molar-refractivity contribution in [2.45, 2.75) is 38.4 Å². The molecule has 0 radical (unpaired) electrons. The molecule has 1 saturated heterocycles. The summed E-state index contributed by atoms with van der Waals surface area (Å²) in [6.07, 6.45) is 2.87. The van der Waals surface area contributed by atoms with Crippen LogP contribution in [0.5, 0.6) is 5.75 Å². The minimum absolute atomic E-state index is 0.0282. The molecule has 2 unspecified atom stereocenters. The molecule has 47 heavy (non-hydrogen) atoms. The lowest BCUT2D eigenvalue weighted by Gasteiger charge is -2.41. The number of piperazine rings is 1. The summed E-state index contributed by atoms with van der Waals surface area (Å²) in [5, 5.41) is 9.50. The first-order valence-electron chi connectivity index (χ1n) is 14.7. The summed E-state index contributed by atoms with van der Waals surface area (Å²) in [6.45, 7) is 0.102. The average Bonchev–Trinajstić information content (AvgIpc) is 3.79. The predicted octanol–water partition coefficient (Wildman–Crippen LogP) is 3.82. The Morgan fingerprint density at radius 3 is 2.36 bits per heavy atom. The molecule has 2 aromatic heterocycles. The van der Waals surface area contributed by atoms with Crippen molar-refractivity contribution in [3.8, 4) is 17.1 Å². The van der Waals surface area contributed by atoms with Crippen molar-refractivity contribution in [2.75, 3.05) is 38.3 Å². The van der Waals surface area contributed by atoms with Gasteiger partial charge in [0.25, 0.3) is 0 Å². The largest absolute Gasteiger partial charge is 0.519 e. The molecule has 2 aliphatic rings. The monoisotopic (exact) mass is 691 g/mol. The standard InChI is InChI=1S/C30H32FN3O11P2/c1-16-13-33(25-22(31)12-20-24(28(25)43-2)34(18-6-7-18)14-21(26(20)35)29(36)37)11-10-32(16)15-23-27(45-30(38)44-23)17-4-8-19(9-5-17)46(3,39)47(40,41)42/h4-5,8-9,12,14,16,18H,6-7,10-11,13,15H2,1-3H3,(H,36,37)(H2,40,41,42). The lowest BCUT2D eigenvalue weighted by atomic mass is 10.1. The Morgan fingerprint density at radius 1 is 1.11 bits per heavy atom. The zero-order valence-corrected chi connectivity index (χ0v) is 27.4. The molecule has 1 aliphatic heterocycles. The molecule has 0 bridgehead atoms. The quantitative estimate of drug-likeness (QED) is 0.215. The molecule has 3 N–H and O–H groups in total. The number of fused-ring (bicyclic) bond motifs is 1. The SMILES string of the molecule is COc1c(N2CCN(Cc3oc(=O)oc3-c3ccc(P(C)(=O)P(=O)(O)O)cc3)C(C)C2)c(F)cc2c(=O)c(C(=O)O)cn(C3CC3)c12. The number of methoxy groups -OCH3 is 1. The normalized spacial score (nSPS) is 18.8. The van der Waals surface area contributed by atoms with Gasteiger partial charge in [-0.25, -0.2) is 14.0 Å². The Labute approximate surface area is 266 Å². The Bertz CT molecular complexity index is 2110. The number of hydrogen-bond donors (Lipinski definition) is 3. The van der Waals surface area contributed by atoms with Crippen LogP contribution in [0.3, 0.4) is 0 Å². The first-order valence-corrected chi connectivity index (χ1v) is 19.1. The number of halogens is 1. The van der Waals surface area contributed by atoms with Crippen LogP contribution in [0.25, 0.3) is 22.2 Å². The minimum Gasteiger partial charge on any atom is -0.492 e. The number of carboxylic acids is 1. The Balaban J connectivity index is 1.28. The van der Waals surface area contributed by atoms with Gasteiger partial charge in [0.05, 0.1) is 24.6 Å². The number of ether oxygens (including phenoxy) is 1. The number of aromatic carboxylic acids is 1. The predicted molar refractivity (Wildman–Crippen MR) is 170 cm³/mol. The van der Waals surface area contributed by atoms with Crippen molar-refractivity contribution in [3.63, 3.8) is 0 Å². The van der Waals surface area contributed by atoms with E-state index in [-0.39, 0.29) is 52.3 Å². The maximum Gasteiger partial charge on any atom is 0.519 e. The van der Waals surface area contributed by atoms with Gasteiger partial charge in [0.15, 0.2) is 23.1 Å². The number of nitrogens with zero attached hydrogens (tertiary/aromatic N) is 3. The van der Waals surface area contributed by atoms with Gasteiger partial charge in [0.2, 0.25) is 12.3 Å². The molecule has 17 heteroatoms. The van der Waals surface area contributed by atoms with Crippen LogP contribution in [0.2, 0.25) is 0 Å². The first kappa shape index (κ1) is 32.9. The van der Waals surface area contributed by atoms with E-state index in [2.05, 4.69) is 0 Å². The average molecular weight is 692 g/mol. The zero-order chi connectivity index (χ0) is 34.0. The topological polar surface area (TPSA) is 193 Å². The molecule has 2 aromatic carbocycles. The highest BCUT2D eigenvalue weighted by Gasteiger charge is 2.39. The van der Waals surface area contributed by atoms with E-state index in [9.17, 15) is 38.4 Å². The van der Waals surface area contributed by atoms with Crippen LogP contribution in [-0.4, -0.2) is 69.8 Å². The number of carbonyl (C=O) groups is 1. The van der Waals surface area contributed by atoms with E-state index in [1.165, 1.54) is 37.6 Å². The Morgan fingerprint density at radius 2 is 1.79 bits per heavy atom. The number of carboxylic acid groups (broad SMARTS) is 1. The lowest BCUT2D eigenvalue weighted by molar-refractivity contribution is 0.0694. The highest BCUT2D eigenvalue weighted by molar-refractivity contribution is 8.34. The molecule has 250 valence electrons. The number of pyridine rings is 1. The molecule has 4 aromatic rings. The fraction of sp³-hybridized carbons (Fsp3) is 0.367. The molecule has 2 fully saturated rings. The molecule has 0 spiro atoms. The van der Waals surface area contributed by atoms with Gasteiger partial charge in [-0.05, 0) is 25.8 Å². The number of benzene rings is 2. The van der Waals surface area contributed by atoms with Crippen molar-refractivity contribution in [1.29, 1.82) is 0 Å². The van der Waals surface area contributed by atoms with Crippen LogP contribution in [0.1, 0.15) is 41.9 Å². The van der Waals surface area contributed by atoms with Gasteiger partial charge in [-0.15, -0.1) is 0 Å². The minimum atomic E-state index is -4.89. The summed E-state index contributed by atoms with van der Waals surface area (Å²) in [5.41, 5.74) is -0.352. The summed E-state index contributed by atoms with van der Waals surface area (Å²) in [5.74, 6) is -2.60. The molecule has 1 aliphatic carbocycles. The van der Waals surface area contributed by atoms with Gasteiger partial charge < -0.3 is 42.5 Å². The van der Waals surface area contributed by atoms with Gasteiger partial charge in [-0.2, -0.15) is 0 Å². The van der Waals surface area contributed by atoms with Crippen molar-refractivity contribution in [2.24, 2.45) is 0 Å². The van der Waals surface area contributed by atoms with Gasteiger partial charge in [0, 0.05) is 55.4 Å². The molecular formula is C30H32FN3O11P2. The van der Waals surface area contributed by atoms with E-state index in [1.807, 2.05) is 11.8 Å². The van der Waals surface area contributed by atoms with Crippen molar-refractivity contribution < 1.29 is 46.8 Å². The second-order valence-corrected chi connectivity index (χ2v) is 19.0. The van der Waals surface area contributed by atoms with E-state index >= 15 is 4.39 Å². The van der Waals surface area contributed by atoms with Crippen molar-refractivity contribution >= 4 is 42.0 Å². The van der Waals surface area contributed by atoms with Gasteiger partial charge in [-0.1, -0.05) is 24.3 Å². The van der Waals surface area contributed by atoms with Crippen LogP contribution in [0.4, 0.5) is 10.1 Å². The molecule has 0 amide bonds. The van der Waals surface area contributed by atoms with Crippen LogP contribution < -0.4 is 26.2 Å². The third kappa shape index (κ3) is 5.87. The lowest BCUT2D eigenvalue weighted by Crippen LogP contribution is -2.51. The summed E-state index contributed by atoms with van der Waals surface area (Å²) >= 11 is 0. The zero-order valence-electron chi connectivity index (χ0n) is 25.6. The molecular weight excluding hydrogens is 659 g/mol. The third-order valence-electron chi connectivity index (χ3n) is 8.75. The highest BCUT2D eigenvalue weighted by Crippen LogP contribution is 2.73. The molecule has 6 rings (SSSR count). The van der Waals surface area contributed by atoms with Crippen molar-refractivity contribution in [3.05, 3.63) is 74.5 Å². The van der Waals surface area contributed by atoms with Crippen molar-refractivity contribution in [1.82, 2.24) is 9.47 Å². The molecule has 14 nitrogen and oxygen atoms in total. The van der Waals surface area contributed by atoms with E-state index in [4.69, 9.17) is 13.6 Å². The molecule has 1 saturated carbocycles. The number of anilines is 1. The first-order chi connectivity index (χ1) is 22.1. The summed E-state index contributed by atoms with van der Waals surface area (Å²) in [4.78, 5) is 59.8. The van der Waals surface area contributed by atoms with Gasteiger partial charge in [0.1, 0.15) is 11.3 Å². The summed E-state index contributed by atoms with van der Waals surface area (Å²) in [6, 6.07) is 6.32. The second kappa shape index (κ2) is 11.9. The van der Waals surface area contributed by atoms with E-state index < -0.39 is 42.7 Å². The number of aromatic nitrogens is 1.